The Kier molecular flexibility index (Phi) is 6.81. The number of hydrogen-bond donors (Lipinski definition) is 2. The third kappa shape index (κ3) is 4.68. The van der Waals surface area contributed by atoms with Crippen LogP contribution in [0.2, 0.25) is 0 Å². The second-order valence-electron chi connectivity index (χ2n) is 4.51. The zero-order chi connectivity index (χ0) is 15.1. The highest BCUT2D eigenvalue weighted by Crippen LogP contribution is 2.28. The molecule has 0 saturated heterocycles. The first-order chi connectivity index (χ1) is 9.49. The average molecular weight is 345 g/mol. The lowest BCUT2D eigenvalue weighted by Crippen LogP contribution is -2.41. The molecular weight excluding hydrogens is 324 g/mol. The van der Waals surface area contributed by atoms with Crippen LogP contribution in [0.4, 0.5) is 10.5 Å². The third-order valence-corrected chi connectivity index (χ3v) is 3.20. The van der Waals surface area contributed by atoms with Gasteiger partial charge in [-0.15, -0.1) is 0 Å². The molecule has 2 N–H and O–H groups in total. The number of carbonyl (C=O) groups is 1. The Morgan fingerprint density at radius 1 is 1.50 bits per heavy atom. The number of nitrogens with one attached hydrogen (secondary N) is 1. The minimum Gasteiger partial charge on any atom is -0.492 e. The van der Waals surface area contributed by atoms with Crippen LogP contribution in [0, 0.1) is 0 Å². The number of carbonyl (C=O) groups excluding carboxylic acids is 1. The highest BCUT2D eigenvalue weighted by Gasteiger charge is 2.17. The fraction of sp³-hybridized carbons (Fsp3) is 0.500. The smallest absolute Gasteiger partial charge is 0.322 e. The number of halogens is 1. The van der Waals surface area contributed by atoms with Gasteiger partial charge in [0.25, 0.3) is 0 Å². The van der Waals surface area contributed by atoms with Gasteiger partial charge in [-0.3, -0.25) is 0 Å². The summed E-state index contributed by atoms with van der Waals surface area (Å²) in [4.78, 5) is 13.8. The lowest BCUT2D eigenvalue weighted by atomic mass is 10.3. The number of urea groups is 1. The normalized spacial score (nSPS) is 10.5. The first kappa shape index (κ1) is 16.8. The molecule has 2 amide bonds. The van der Waals surface area contributed by atoms with Crippen LogP contribution >= 0.6 is 15.9 Å². The van der Waals surface area contributed by atoms with Crippen LogP contribution in [0.25, 0.3) is 0 Å². The predicted molar refractivity (Wildman–Crippen MR) is 83.3 cm³/mol. The molecule has 0 unspecified atom stereocenters. The average Bonchev–Trinajstić information content (AvgIpc) is 2.39. The maximum absolute atomic E-state index is 12.2. The van der Waals surface area contributed by atoms with E-state index in [4.69, 9.17) is 9.84 Å². The van der Waals surface area contributed by atoms with Crippen LogP contribution < -0.4 is 10.1 Å². The first-order valence-corrected chi connectivity index (χ1v) is 7.39. The van der Waals surface area contributed by atoms with Gasteiger partial charge in [-0.05, 0) is 39.0 Å². The van der Waals surface area contributed by atoms with Crippen molar-refractivity contribution in [1.29, 1.82) is 0 Å². The molecule has 0 aliphatic carbocycles. The molecular formula is C14H21BrN2O3. The lowest BCUT2D eigenvalue weighted by molar-refractivity contribution is 0.172. The molecule has 112 valence electrons. The first-order valence-electron chi connectivity index (χ1n) is 6.60. The van der Waals surface area contributed by atoms with Crippen LogP contribution in [-0.2, 0) is 0 Å². The quantitative estimate of drug-likeness (QED) is 0.833. The van der Waals surface area contributed by atoms with E-state index in [-0.39, 0.29) is 18.7 Å². The van der Waals surface area contributed by atoms with E-state index in [1.165, 1.54) is 0 Å². The number of nitrogens with zero attached hydrogens (tertiary/aromatic N) is 1. The van der Waals surface area contributed by atoms with E-state index in [1.54, 1.807) is 11.0 Å². The summed E-state index contributed by atoms with van der Waals surface area (Å²) in [6.45, 7) is 6.44. The minimum atomic E-state index is -0.252. The van der Waals surface area contributed by atoms with Crippen LogP contribution in [-0.4, -0.2) is 41.8 Å². The molecule has 0 atom stereocenters. The molecule has 6 heteroatoms. The number of ether oxygens (including phenoxy) is 1. The minimum absolute atomic E-state index is 0.00754. The van der Waals surface area contributed by atoms with Crippen molar-refractivity contribution in [1.82, 2.24) is 4.90 Å². The third-order valence-electron chi connectivity index (χ3n) is 2.71. The molecule has 20 heavy (non-hydrogen) atoms. The van der Waals surface area contributed by atoms with Crippen molar-refractivity contribution in [3.8, 4) is 5.75 Å². The van der Waals surface area contributed by atoms with Gasteiger partial charge in [0.05, 0.1) is 18.9 Å². The maximum atomic E-state index is 12.2. The largest absolute Gasteiger partial charge is 0.492 e. The van der Waals surface area contributed by atoms with Gasteiger partial charge in [-0.1, -0.05) is 15.9 Å². The number of aliphatic hydroxyl groups is 1. The summed E-state index contributed by atoms with van der Waals surface area (Å²) in [7, 11) is 0. The van der Waals surface area contributed by atoms with E-state index in [0.29, 0.717) is 24.6 Å². The Bertz CT molecular complexity index is 452. The van der Waals surface area contributed by atoms with E-state index in [2.05, 4.69) is 21.2 Å². The number of hydrogen-bond acceptors (Lipinski definition) is 3. The van der Waals surface area contributed by atoms with Crippen LogP contribution in [0.3, 0.4) is 0 Å². The molecule has 1 rings (SSSR count). The molecule has 0 bridgehead atoms. The summed E-state index contributed by atoms with van der Waals surface area (Å²) in [6, 6.07) is 5.18. The number of rotatable bonds is 6. The molecule has 0 fully saturated rings. The van der Waals surface area contributed by atoms with Crippen molar-refractivity contribution in [3.63, 3.8) is 0 Å². The second kappa shape index (κ2) is 8.11. The molecule has 0 aliphatic heterocycles. The summed E-state index contributed by atoms with van der Waals surface area (Å²) in [5, 5.41) is 11.8. The molecule has 0 heterocycles. The monoisotopic (exact) mass is 344 g/mol. The topological polar surface area (TPSA) is 61.8 Å². The van der Waals surface area contributed by atoms with E-state index in [9.17, 15) is 4.79 Å². The molecule has 0 radical (unpaired) electrons. The van der Waals surface area contributed by atoms with Crippen molar-refractivity contribution < 1.29 is 14.6 Å². The summed E-state index contributed by atoms with van der Waals surface area (Å²) in [6.07, 6.45) is 0. The van der Waals surface area contributed by atoms with Crippen molar-refractivity contribution in [2.24, 2.45) is 0 Å². The van der Waals surface area contributed by atoms with E-state index in [1.807, 2.05) is 32.9 Å². The summed E-state index contributed by atoms with van der Waals surface area (Å²) < 4.78 is 6.39. The SMILES string of the molecule is CCOc1cc(Br)ccc1NC(=O)N(CCO)C(C)C. The molecule has 0 saturated carbocycles. The number of amides is 2. The Hall–Kier alpha value is -1.27. The maximum Gasteiger partial charge on any atom is 0.322 e. The van der Waals surface area contributed by atoms with Gasteiger partial charge in [0, 0.05) is 17.1 Å². The summed E-state index contributed by atoms with van der Waals surface area (Å²) in [5.41, 5.74) is 0.614. The van der Waals surface area contributed by atoms with Crippen LogP contribution in [0.1, 0.15) is 20.8 Å². The number of anilines is 1. The van der Waals surface area contributed by atoms with Gasteiger partial charge in [0.1, 0.15) is 5.75 Å². The van der Waals surface area contributed by atoms with Crippen molar-refractivity contribution in [3.05, 3.63) is 22.7 Å². The van der Waals surface area contributed by atoms with Gasteiger partial charge in [-0.2, -0.15) is 0 Å². The summed E-state index contributed by atoms with van der Waals surface area (Å²) in [5.74, 6) is 0.614. The molecule has 1 aromatic carbocycles. The summed E-state index contributed by atoms with van der Waals surface area (Å²) >= 11 is 3.37. The Morgan fingerprint density at radius 3 is 2.75 bits per heavy atom. The van der Waals surface area contributed by atoms with Gasteiger partial charge < -0.3 is 20.1 Å². The van der Waals surface area contributed by atoms with Gasteiger partial charge in [0.15, 0.2) is 0 Å². The Labute approximate surface area is 128 Å². The predicted octanol–water partition coefficient (Wildman–Crippen LogP) is 3.08. The fourth-order valence-corrected chi connectivity index (χ4v) is 2.10. The van der Waals surface area contributed by atoms with E-state index in [0.717, 1.165) is 4.47 Å². The second-order valence-corrected chi connectivity index (χ2v) is 5.43. The van der Waals surface area contributed by atoms with Crippen molar-refractivity contribution in [2.45, 2.75) is 26.8 Å². The molecule has 0 aromatic heterocycles. The lowest BCUT2D eigenvalue weighted by Gasteiger charge is -2.26. The van der Waals surface area contributed by atoms with Crippen LogP contribution in [0.5, 0.6) is 5.75 Å². The fourth-order valence-electron chi connectivity index (χ4n) is 1.76. The van der Waals surface area contributed by atoms with Crippen molar-refractivity contribution in [2.75, 3.05) is 25.1 Å². The molecule has 5 nitrogen and oxygen atoms in total. The van der Waals surface area contributed by atoms with Gasteiger partial charge >= 0.3 is 6.03 Å². The number of aliphatic hydroxyl groups excluding tert-OH is 1. The highest BCUT2D eigenvalue weighted by molar-refractivity contribution is 9.10. The molecule has 0 aliphatic rings. The molecule has 0 spiro atoms. The van der Waals surface area contributed by atoms with Crippen LogP contribution in [0.15, 0.2) is 22.7 Å². The van der Waals surface area contributed by atoms with E-state index >= 15 is 0 Å². The standard InChI is InChI=1S/C14H21BrN2O3/c1-4-20-13-9-11(15)5-6-12(13)16-14(19)17(7-8-18)10(2)3/h5-6,9-10,18H,4,7-8H2,1-3H3,(H,16,19). The van der Waals surface area contributed by atoms with Gasteiger partial charge in [0.2, 0.25) is 0 Å². The Morgan fingerprint density at radius 2 is 2.20 bits per heavy atom. The highest BCUT2D eigenvalue weighted by atomic mass is 79.9. The van der Waals surface area contributed by atoms with E-state index < -0.39 is 0 Å². The zero-order valence-electron chi connectivity index (χ0n) is 12.0. The van der Waals surface area contributed by atoms with Crippen molar-refractivity contribution >= 4 is 27.6 Å². The number of benzene rings is 1. The molecule has 1 aromatic rings. The Balaban J connectivity index is 2.88. The zero-order valence-corrected chi connectivity index (χ0v) is 13.6. The van der Waals surface area contributed by atoms with Gasteiger partial charge in [-0.25, -0.2) is 4.79 Å².